The number of carbonyl (C=O) groups is 1. The first-order valence-corrected chi connectivity index (χ1v) is 13.6. The molecule has 2 aromatic heterocycles. The molecule has 5 rings (SSSR count). The number of aromatic nitrogens is 2. The van der Waals surface area contributed by atoms with E-state index in [9.17, 15) is 4.79 Å². The Morgan fingerprint density at radius 3 is 2.54 bits per heavy atom. The largest absolute Gasteiger partial charge is 0.322 e. The summed E-state index contributed by atoms with van der Waals surface area (Å²) in [6, 6.07) is 16.2. The van der Waals surface area contributed by atoms with Gasteiger partial charge in [0.2, 0.25) is 0 Å². The number of amides is 1. The average molecular weight is 512 g/mol. The summed E-state index contributed by atoms with van der Waals surface area (Å²) in [5.41, 5.74) is 8.15. The van der Waals surface area contributed by atoms with Gasteiger partial charge in [-0.15, -0.1) is 11.3 Å². The first-order chi connectivity index (χ1) is 17.9. The van der Waals surface area contributed by atoms with Crippen LogP contribution in [0.5, 0.6) is 0 Å². The van der Waals surface area contributed by atoms with E-state index in [0.29, 0.717) is 5.56 Å². The highest BCUT2D eigenvalue weighted by Gasteiger charge is 2.15. The lowest BCUT2D eigenvalue weighted by Crippen LogP contribution is -2.43. The number of hydrogen-bond donors (Lipinski definition) is 1. The molecule has 0 unspecified atom stereocenters. The molecule has 0 spiro atoms. The van der Waals surface area contributed by atoms with E-state index in [1.807, 2.05) is 37.5 Å². The molecule has 0 saturated carbocycles. The third-order valence-corrected chi connectivity index (χ3v) is 7.74. The normalized spacial score (nSPS) is 14.6. The zero-order valence-corrected chi connectivity index (χ0v) is 22.5. The number of benzene rings is 2. The van der Waals surface area contributed by atoms with Crippen molar-refractivity contribution in [2.24, 2.45) is 0 Å². The van der Waals surface area contributed by atoms with Crippen LogP contribution in [0.2, 0.25) is 0 Å². The smallest absolute Gasteiger partial charge is 0.255 e. The van der Waals surface area contributed by atoms with E-state index < -0.39 is 0 Å². The van der Waals surface area contributed by atoms with Crippen LogP contribution in [0.1, 0.15) is 37.6 Å². The number of nitrogens with zero attached hydrogens (tertiary/aromatic N) is 4. The topological polar surface area (TPSA) is 61.4 Å². The molecule has 6 nitrogen and oxygen atoms in total. The van der Waals surface area contributed by atoms with E-state index in [1.165, 1.54) is 11.1 Å². The van der Waals surface area contributed by atoms with Gasteiger partial charge in [0.1, 0.15) is 0 Å². The minimum Gasteiger partial charge on any atom is -0.322 e. The Balaban J connectivity index is 1.22. The van der Waals surface area contributed by atoms with Crippen molar-refractivity contribution >= 4 is 22.9 Å². The number of thiazole rings is 1. The second-order valence-corrected chi connectivity index (χ2v) is 10.9. The van der Waals surface area contributed by atoms with E-state index in [1.54, 1.807) is 11.3 Å². The molecule has 1 amide bonds. The van der Waals surface area contributed by atoms with Gasteiger partial charge in [0.15, 0.2) is 0 Å². The molecule has 1 aliphatic heterocycles. The van der Waals surface area contributed by atoms with Crippen LogP contribution < -0.4 is 5.32 Å². The van der Waals surface area contributed by atoms with Crippen molar-refractivity contribution < 1.29 is 4.79 Å². The van der Waals surface area contributed by atoms with Crippen LogP contribution in [0, 0.1) is 13.8 Å². The molecule has 0 bridgehead atoms. The number of likely N-dealkylation sites (N-methyl/N-ethyl adjacent to an activating group) is 1. The van der Waals surface area contributed by atoms with Crippen LogP contribution in [-0.4, -0.2) is 58.9 Å². The third-order valence-electron chi connectivity index (χ3n) is 6.89. The van der Waals surface area contributed by atoms with E-state index in [-0.39, 0.29) is 5.91 Å². The molecule has 1 saturated heterocycles. The van der Waals surface area contributed by atoms with E-state index in [2.05, 4.69) is 69.8 Å². The standard InChI is InChI=1S/C30H33N5OS/c1-21-14-26(18-31-17-21)28-20-37-29(33-28)16-25-15-27(9-4-22(25)2)32-30(36)24-7-5-23(6-8-24)19-35-12-10-34(3)11-13-35/h4-9,14-15,17-18,20H,10-13,16,19H2,1-3H3,(H,32,36). The molecule has 37 heavy (non-hydrogen) atoms. The summed E-state index contributed by atoms with van der Waals surface area (Å²) >= 11 is 1.65. The molecule has 2 aromatic carbocycles. The summed E-state index contributed by atoms with van der Waals surface area (Å²) < 4.78 is 0. The molecule has 0 aliphatic carbocycles. The van der Waals surface area contributed by atoms with Crippen LogP contribution in [0.4, 0.5) is 5.69 Å². The number of pyridine rings is 1. The van der Waals surface area contributed by atoms with Crippen LogP contribution in [-0.2, 0) is 13.0 Å². The molecule has 0 atom stereocenters. The summed E-state index contributed by atoms with van der Waals surface area (Å²) in [6.45, 7) is 9.44. The number of aryl methyl sites for hydroxylation is 2. The van der Waals surface area contributed by atoms with E-state index in [4.69, 9.17) is 4.98 Å². The number of hydrogen-bond acceptors (Lipinski definition) is 6. The molecule has 1 fully saturated rings. The van der Waals surface area contributed by atoms with Gasteiger partial charge in [-0.1, -0.05) is 18.2 Å². The maximum Gasteiger partial charge on any atom is 0.255 e. The van der Waals surface area contributed by atoms with Crippen molar-refractivity contribution in [3.63, 3.8) is 0 Å². The highest BCUT2D eigenvalue weighted by Crippen LogP contribution is 2.26. The zero-order valence-electron chi connectivity index (χ0n) is 21.7. The molecule has 0 radical (unpaired) electrons. The first-order valence-electron chi connectivity index (χ1n) is 12.7. The Bertz CT molecular complexity index is 1370. The molecule has 1 N–H and O–H groups in total. The molecule has 190 valence electrons. The minimum atomic E-state index is -0.0931. The fourth-order valence-electron chi connectivity index (χ4n) is 4.55. The van der Waals surface area contributed by atoms with Gasteiger partial charge in [0.25, 0.3) is 5.91 Å². The average Bonchev–Trinajstić information content (AvgIpc) is 3.36. The lowest BCUT2D eigenvalue weighted by molar-refractivity contribution is 0.102. The van der Waals surface area contributed by atoms with Crippen LogP contribution >= 0.6 is 11.3 Å². The fraction of sp³-hybridized carbons (Fsp3) is 0.300. The number of anilines is 1. The molecular formula is C30H33N5OS. The summed E-state index contributed by atoms with van der Waals surface area (Å²) in [5.74, 6) is -0.0931. The summed E-state index contributed by atoms with van der Waals surface area (Å²) in [6.07, 6.45) is 4.43. The van der Waals surface area contributed by atoms with Crippen molar-refractivity contribution in [1.82, 2.24) is 19.8 Å². The zero-order chi connectivity index (χ0) is 25.8. The monoisotopic (exact) mass is 511 g/mol. The van der Waals surface area contributed by atoms with Crippen LogP contribution in [0.25, 0.3) is 11.3 Å². The molecule has 3 heterocycles. The molecule has 4 aromatic rings. The van der Waals surface area contributed by atoms with Crippen molar-refractivity contribution in [1.29, 1.82) is 0 Å². The van der Waals surface area contributed by atoms with Gasteiger partial charge in [0, 0.05) is 73.7 Å². The maximum absolute atomic E-state index is 13.0. The predicted octanol–water partition coefficient (Wildman–Crippen LogP) is 5.41. The second-order valence-electron chi connectivity index (χ2n) is 9.93. The van der Waals surface area contributed by atoms with Crippen molar-refractivity contribution in [2.75, 3.05) is 38.5 Å². The Labute approximate surface area is 223 Å². The lowest BCUT2D eigenvalue weighted by atomic mass is 10.0. The number of rotatable bonds is 7. The van der Waals surface area contributed by atoms with Crippen molar-refractivity contribution in [2.45, 2.75) is 26.8 Å². The third kappa shape index (κ3) is 6.49. The van der Waals surface area contributed by atoms with Gasteiger partial charge in [-0.3, -0.25) is 14.7 Å². The highest BCUT2D eigenvalue weighted by molar-refractivity contribution is 7.10. The van der Waals surface area contributed by atoms with E-state index >= 15 is 0 Å². The predicted molar refractivity (Wildman–Crippen MR) is 151 cm³/mol. The Kier molecular flexibility index (Phi) is 7.74. The highest BCUT2D eigenvalue weighted by atomic mass is 32.1. The summed E-state index contributed by atoms with van der Waals surface area (Å²) in [4.78, 5) is 26.9. The number of piperazine rings is 1. The summed E-state index contributed by atoms with van der Waals surface area (Å²) in [5, 5.41) is 6.20. The maximum atomic E-state index is 13.0. The van der Waals surface area contributed by atoms with Crippen molar-refractivity contribution in [3.8, 4) is 11.3 Å². The molecule has 7 heteroatoms. The van der Waals surface area contributed by atoms with Gasteiger partial charge in [0.05, 0.1) is 10.7 Å². The molecular weight excluding hydrogens is 478 g/mol. The van der Waals surface area contributed by atoms with Gasteiger partial charge >= 0.3 is 0 Å². The quantitative estimate of drug-likeness (QED) is 0.359. The van der Waals surface area contributed by atoms with Crippen molar-refractivity contribution in [3.05, 3.63) is 99.1 Å². The lowest BCUT2D eigenvalue weighted by Gasteiger charge is -2.32. The molecule has 1 aliphatic rings. The number of carbonyl (C=O) groups excluding carboxylic acids is 1. The fourth-order valence-corrected chi connectivity index (χ4v) is 5.38. The Hall–Kier alpha value is -3.39. The second kappa shape index (κ2) is 11.3. The van der Waals surface area contributed by atoms with Gasteiger partial charge in [-0.2, -0.15) is 0 Å². The van der Waals surface area contributed by atoms with Gasteiger partial charge in [-0.25, -0.2) is 4.98 Å². The summed E-state index contributed by atoms with van der Waals surface area (Å²) in [7, 11) is 2.17. The number of nitrogens with one attached hydrogen (secondary N) is 1. The Morgan fingerprint density at radius 2 is 1.78 bits per heavy atom. The van der Waals surface area contributed by atoms with Crippen LogP contribution in [0.3, 0.4) is 0 Å². The van der Waals surface area contributed by atoms with Crippen LogP contribution in [0.15, 0.2) is 66.3 Å². The van der Waals surface area contributed by atoms with Gasteiger partial charge < -0.3 is 10.2 Å². The van der Waals surface area contributed by atoms with E-state index in [0.717, 1.165) is 72.2 Å². The minimum absolute atomic E-state index is 0.0931. The first kappa shape index (κ1) is 25.3. The Morgan fingerprint density at radius 1 is 1.00 bits per heavy atom. The van der Waals surface area contributed by atoms with Gasteiger partial charge in [-0.05, 0) is 73.5 Å². The SMILES string of the molecule is Cc1cncc(-c2csc(Cc3cc(NC(=O)c4ccc(CN5CCN(C)CC5)cc4)ccc3C)n2)c1.